The van der Waals surface area contributed by atoms with Crippen molar-refractivity contribution in [2.45, 2.75) is 11.4 Å². The molecule has 0 aliphatic carbocycles. The van der Waals surface area contributed by atoms with E-state index in [1.165, 1.54) is 16.4 Å². The van der Waals surface area contributed by atoms with Gasteiger partial charge in [0.15, 0.2) is 0 Å². The standard InChI is InChI=1S/C21H22N4O4S/c26-21(22-16-17-6-1-3-8-19(17)25-11-5-10-23-25)18-7-2-4-9-20(18)30(27,28)24-12-14-29-15-13-24/h1-11H,12-16H2,(H,22,26). The van der Waals surface area contributed by atoms with E-state index in [-0.39, 0.29) is 30.1 Å². The van der Waals surface area contributed by atoms with Crippen LogP contribution in [0.4, 0.5) is 0 Å². The molecule has 1 fully saturated rings. The Morgan fingerprint density at radius 3 is 2.53 bits per heavy atom. The summed E-state index contributed by atoms with van der Waals surface area (Å²) in [5.74, 6) is -0.447. The van der Waals surface area contributed by atoms with E-state index in [1.54, 1.807) is 23.0 Å². The third kappa shape index (κ3) is 4.13. The molecule has 0 atom stereocenters. The summed E-state index contributed by atoms with van der Waals surface area (Å²) in [6, 6.07) is 15.7. The summed E-state index contributed by atoms with van der Waals surface area (Å²) in [4.78, 5) is 12.9. The Kier molecular flexibility index (Phi) is 5.93. The molecule has 0 bridgehead atoms. The molecular weight excluding hydrogens is 404 g/mol. The zero-order valence-corrected chi connectivity index (χ0v) is 17.1. The molecule has 4 rings (SSSR count). The van der Waals surface area contributed by atoms with Crippen LogP contribution >= 0.6 is 0 Å². The van der Waals surface area contributed by atoms with E-state index in [1.807, 2.05) is 36.5 Å². The Morgan fingerprint density at radius 1 is 1.03 bits per heavy atom. The molecule has 1 N–H and O–H groups in total. The quantitative estimate of drug-likeness (QED) is 0.649. The molecule has 0 radical (unpaired) electrons. The number of para-hydroxylation sites is 1. The highest BCUT2D eigenvalue weighted by molar-refractivity contribution is 7.89. The second-order valence-electron chi connectivity index (χ2n) is 6.77. The van der Waals surface area contributed by atoms with Crippen molar-refractivity contribution < 1.29 is 17.9 Å². The zero-order valence-electron chi connectivity index (χ0n) is 16.3. The summed E-state index contributed by atoms with van der Waals surface area (Å²) in [6.45, 7) is 1.47. The van der Waals surface area contributed by atoms with Gasteiger partial charge in [0.25, 0.3) is 5.91 Å². The van der Waals surface area contributed by atoms with Crippen LogP contribution in [0.2, 0.25) is 0 Å². The fourth-order valence-electron chi connectivity index (χ4n) is 3.37. The first kappa shape index (κ1) is 20.3. The van der Waals surface area contributed by atoms with E-state index in [9.17, 15) is 13.2 Å². The van der Waals surface area contributed by atoms with Crippen molar-refractivity contribution >= 4 is 15.9 Å². The highest BCUT2D eigenvalue weighted by atomic mass is 32.2. The van der Waals surface area contributed by atoms with Gasteiger partial charge in [0.1, 0.15) is 0 Å². The van der Waals surface area contributed by atoms with Gasteiger partial charge >= 0.3 is 0 Å². The number of carbonyl (C=O) groups is 1. The predicted molar refractivity (Wildman–Crippen MR) is 111 cm³/mol. The first-order valence-corrected chi connectivity index (χ1v) is 11.0. The number of nitrogens with one attached hydrogen (secondary N) is 1. The smallest absolute Gasteiger partial charge is 0.252 e. The summed E-state index contributed by atoms with van der Waals surface area (Å²) in [5, 5.41) is 7.08. The Morgan fingerprint density at radius 2 is 1.77 bits per heavy atom. The lowest BCUT2D eigenvalue weighted by molar-refractivity contribution is 0.0730. The summed E-state index contributed by atoms with van der Waals surface area (Å²) in [5.41, 5.74) is 1.83. The Balaban J connectivity index is 1.56. The van der Waals surface area contributed by atoms with Crippen molar-refractivity contribution in [3.63, 3.8) is 0 Å². The molecule has 1 amide bonds. The van der Waals surface area contributed by atoms with Crippen LogP contribution in [0.15, 0.2) is 71.9 Å². The van der Waals surface area contributed by atoms with Crippen LogP contribution in [0.5, 0.6) is 0 Å². The molecule has 9 heteroatoms. The maximum Gasteiger partial charge on any atom is 0.252 e. The van der Waals surface area contributed by atoms with Gasteiger partial charge in [-0.05, 0) is 29.8 Å². The van der Waals surface area contributed by atoms with Crippen LogP contribution < -0.4 is 5.32 Å². The first-order valence-electron chi connectivity index (χ1n) is 9.60. The van der Waals surface area contributed by atoms with Gasteiger partial charge in [-0.25, -0.2) is 13.1 Å². The Bertz CT molecular complexity index is 1120. The third-order valence-corrected chi connectivity index (χ3v) is 6.86. The molecule has 1 aromatic heterocycles. The van der Waals surface area contributed by atoms with Crippen LogP contribution in [0, 0.1) is 0 Å². The van der Waals surface area contributed by atoms with E-state index in [2.05, 4.69) is 10.4 Å². The molecule has 30 heavy (non-hydrogen) atoms. The summed E-state index contributed by atoms with van der Waals surface area (Å²) in [6.07, 6.45) is 3.51. The van der Waals surface area contributed by atoms with Gasteiger partial charge in [0, 0.05) is 32.0 Å². The van der Waals surface area contributed by atoms with Gasteiger partial charge < -0.3 is 10.1 Å². The number of ether oxygens (including phenoxy) is 1. The molecule has 2 aromatic carbocycles. The fourth-order valence-corrected chi connectivity index (χ4v) is 4.97. The second kappa shape index (κ2) is 8.78. The van der Waals surface area contributed by atoms with E-state index in [0.717, 1.165) is 11.3 Å². The number of hydrogen-bond acceptors (Lipinski definition) is 5. The van der Waals surface area contributed by atoms with Gasteiger partial charge in [0.2, 0.25) is 10.0 Å². The van der Waals surface area contributed by atoms with Gasteiger partial charge in [0.05, 0.1) is 29.4 Å². The highest BCUT2D eigenvalue weighted by Gasteiger charge is 2.30. The molecule has 8 nitrogen and oxygen atoms in total. The largest absolute Gasteiger partial charge is 0.379 e. The lowest BCUT2D eigenvalue weighted by Gasteiger charge is -2.26. The zero-order chi connectivity index (χ0) is 21.0. The molecule has 1 aliphatic heterocycles. The summed E-state index contributed by atoms with van der Waals surface area (Å²) < 4.78 is 34.5. The fraction of sp³-hybridized carbons (Fsp3) is 0.238. The van der Waals surface area contributed by atoms with Crippen molar-refractivity contribution in [1.82, 2.24) is 19.4 Å². The number of morpholine rings is 1. The number of hydrogen-bond donors (Lipinski definition) is 1. The number of benzene rings is 2. The molecule has 0 unspecified atom stereocenters. The van der Waals surface area contributed by atoms with Crippen LogP contribution in [0.3, 0.4) is 0 Å². The number of carbonyl (C=O) groups excluding carboxylic acids is 1. The minimum atomic E-state index is -3.79. The predicted octanol–water partition coefficient (Wildman–Crippen LogP) is 1.82. The second-order valence-corrected chi connectivity index (χ2v) is 8.68. The monoisotopic (exact) mass is 426 g/mol. The normalized spacial score (nSPS) is 15.1. The molecular formula is C21H22N4O4S. The third-order valence-electron chi connectivity index (χ3n) is 4.90. The van der Waals surface area contributed by atoms with Crippen molar-refractivity contribution in [1.29, 1.82) is 0 Å². The minimum absolute atomic E-state index is 0.00441. The van der Waals surface area contributed by atoms with Gasteiger partial charge in [-0.3, -0.25) is 4.79 Å². The minimum Gasteiger partial charge on any atom is -0.379 e. The highest BCUT2D eigenvalue weighted by Crippen LogP contribution is 2.21. The SMILES string of the molecule is O=C(NCc1ccccc1-n1cccn1)c1ccccc1S(=O)(=O)N1CCOCC1. The lowest BCUT2D eigenvalue weighted by atomic mass is 10.1. The van der Waals surface area contributed by atoms with Crippen molar-refractivity contribution in [2.24, 2.45) is 0 Å². The van der Waals surface area contributed by atoms with Crippen LogP contribution in [0.1, 0.15) is 15.9 Å². The average Bonchev–Trinajstić information content (AvgIpc) is 3.33. The molecule has 0 spiro atoms. The molecule has 1 saturated heterocycles. The van der Waals surface area contributed by atoms with E-state index in [4.69, 9.17) is 4.74 Å². The van der Waals surface area contributed by atoms with Gasteiger partial charge in [-0.15, -0.1) is 0 Å². The van der Waals surface area contributed by atoms with E-state index in [0.29, 0.717) is 13.2 Å². The molecule has 156 valence electrons. The van der Waals surface area contributed by atoms with Crippen molar-refractivity contribution in [3.8, 4) is 5.69 Å². The molecule has 2 heterocycles. The number of aromatic nitrogens is 2. The van der Waals surface area contributed by atoms with Gasteiger partial charge in [-0.2, -0.15) is 9.40 Å². The van der Waals surface area contributed by atoms with Crippen LogP contribution in [-0.2, 0) is 21.3 Å². The molecule has 3 aromatic rings. The lowest BCUT2D eigenvalue weighted by Crippen LogP contribution is -2.41. The number of nitrogens with zero attached hydrogens (tertiary/aromatic N) is 3. The van der Waals surface area contributed by atoms with Gasteiger partial charge in [-0.1, -0.05) is 30.3 Å². The average molecular weight is 426 g/mol. The van der Waals surface area contributed by atoms with Crippen LogP contribution in [-0.4, -0.2) is 54.7 Å². The maximum atomic E-state index is 13.1. The summed E-state index contributed by atoms with van der Waals surface area (Å²) >= 11 is 0. The molecule has 0 saturated carbocycles. The number of amides is 1. The Hall–Kier alpha value is -3.01. The maximum absolute atomic E-state index is 13.1. The number of rotatable bonds is 6. The van der Waals surface area contributed by atoms with E-state index >= 15 is 0 Å². The van der Waals surface area contributed by atoms with E-state index < -0.39 is 15.9 Å². The Labute approximate surface area is 175 Å². The van der Waals surface area contributed by atoms with Crippen molar-refractivity contribution in [3.05, 3.63) is 78.1 Å². The number of sulfonamides is 1. The van der Waals surface area contributed by atoms with Crippen LogP contribution in [0.25, 0.3) is 5.69 Å². The first-order chi connectivity index (χ1) is 14.6. The summed E-state index contributed by atoms with van der Waals surface area (Å²) in [7, 11) is -3.79. The topological polar surface area (TPSA) is 93.5 Å². The molecule has 1 aliphatic rings. The van der Waals surface area contributed by atoms with Crippen molar-refractivity contribution in [2.75, 3.05) is 26.3 Å².